The molecule has 10 heteroatoms. The summed E-state index contributed by atoms with van der Waals surface area (Å²) in [5.74, 6) is -3.18. The zero-order chi connectivity index (χ0) is 32.2. The second-order valence-corrected chi connectivity index (χ2v) is 11.6. The Balaban J connectivity index is 1.89. The van der Waals surface area contributed by atoms with Crippen molar-refractivity contribution in [3.05, 3.63) is 82.9 Å². The van der Waals surface area contributed by atoms with E-state index in [2.05, 4.69) is 10.6 Å². The van der Waals surface area contributed by atoms with Crippen LogP contribution in [0.15, 0.2) is 66.8 Å². The van der Waals surface area contributed by atoms with Gasteiger partial charge in [-0.2, -0.15) is 0 Å². The van der Waals surface area contributed by atoms with Crippen molar-refractivity contribution in [1.82, 2.24) is 10.6 Å². The summed E-state index contributed by atoms with van der Waals surface area (Å²) >= 11 is 6.28. The minimum absolute atomic E-state index is 0.0625. The summed E-state index contributed by atoms with van der Waals surface area (Å²) in [6.45, 7) is 6.96. The summed E-state index contributed by atoms with van der Waals surface area (Å²) in [7, 11) is 1.50. The van der Waals surface area contributed by atoms with Crippen molar-refractivity contribution in [3.63, 3.8) is 0 Å². The normalized spacial score (nSPS) is 23.1. The number of ether oxygens (including phenoxy) is 3. The van der Waals surface area contributed by atoms with Crippen molar-refractivity contribution in [3.8, 4) is 5.75 Å². The largest absolute Gasteiger partial charge is 0.495 e. The Bertz CT molecular complexity index is 1360. The SMILES string of the molecule is COc1ccc(C[C@H]2NC(=O)C=CCC([C@H](C)C=Cc3ccccc3)OC(=O)[C@H](C(C)C)OC(=O)[C@H](C)CNC2=O)cc1Cl. The lowest BCUT2D eigenvalue weighted by Gasteiger charge is -2.27. The number of nitrogens with one attached hydrogen (secondary N) is 2. The third-order valence-corrected chi connectivity index (χ3v) is 7.53. The van der Waals surface area contributed by atoms with E-state index in [1.54, 1.807) is 45.0 Å². The Morgan fingerprint density at radius 2 is 1.75 bits per heavy atom. The zero-order valence-electron chi connectivity index (χ0n) is 25.7. The van der Waals surface area contributed by atoms with Crippen molar-refractivity contribution < 1.29 is 33.4 Å². The third kappa shape index (κ3) is 10.3. The first-order valence-corrected chi connectivity index (χ1v) is 15.1. The van der Waals surface area contributed by atoms with Crippen LogP contribution in [0.5, 0.6) is 5.75 Å². The predicted octanol–water partition coefficient (Wildman–Crippen LogP) is 4.92. The van der Waals surface area contributed by atoms with Gasteiger partial charge < -0.3 is 24.8 Å². The number of halogens is 1. The molecule has 0 spiro atoms. The molecule has 0 fully saturated rings. The van der Waals surface area contributed by atoms with Crippen LogP contribution in [0.1, 0.15) is 45.2 Å². The summed E-state index contributed by atoms with van der Waals surface area (Å²) in [5.41, 5.74) is 1.69. The molecule has 236 valence electrons. The molecule has 1 unspecified atom stereocenters. The highest BCUT2D eigenvalue weighted by atomic mass is 35.5. The Labute approximate surface area is 264 Å². The second-order valence-electron chi connectivity index (χ2n) is 11.2. The maximum Gasteiger partial charge on any atom is 0.348 e. The topological polar surface area (TPSA) is 120 Å². The van der Waals surface area contributed by atoms with Crippen molar-refractivity contribution in [1.29, 1.82) is 0 Å². The highest BCUT2D eigenvalue weighted by Crippen LogP contribution is 2.26. The Hall–Kier alpha value is -4.11. The number of benzene rings is 2. The lowest BCUT2D eigenvalue weighted by Crippen LogP contribution is -2.49. The van der Waals surface area contributed by atoms with Gasteiger partial charge in [0.2, 0.25) is 17.9 Å². The van der Waals surface area contributed by atoms with Gasteiger partial charge in [-0.3, -0.25) is 14.4 Å². The van der Waals surface area contributed by atoms with Gasteiger partial charge in [0.1, 0.15) is 17.9 Å². The molecule has 0 aromatic heterocycles. The molecule has 1 aliphatic rings. The van der Waals surface area contributed by atoms with Gasteiger partial charge in [0.25, 0.3) is 0 Å². The standard InChI is InChI=1S/C34H41ClN2O7/c1-21(2)31-34(41)43-28(22(3)14-15-24-10-7-6-8-11-24)12-9-13-30(38)37-27(32(39)36-20-23(4)33(40)44-31)19-25-16-17-29(42-5)26(35)18-25/h6-11,13-18,21-23,27-28,31H,12,19-20H2,1-5H3,(H,36,39)(H,37,38)/t22-,23-,27-,28?,31+/m1/s1. The smallest absolute Gasteiger partial charge is 0.348 e. The van der Waals surface area contributed by atoms with E-state index in [1.807, 2.05) is 49.4 Å². The van der Waals surface area contributed by atoms with Gasteiger partial charge in [-0.15, -0.1) is 0 Å². The maximum absolute atomic E-state index is 13.3. The van der Waals surface area contributed by atoms with Gasteiger partial charge in [-0.05, 0) is 29.3 Å². The van der Waals surface area contributed by atoms with E-state index in [0.29, 0.717) is 16.3 Å². The molecule has 44 heavy (non-hydrogen) atoms. The molecular formula is C34H41ClN2O7. The molecule has 5 atom stereocenters. The fourth-order valence-electron chi connectivity index (χ4n) is 4.51. The quantitative estimate of drug-likeness (QED) is 0.420. The molecule has 1 aliphatic heterocycles. The molecule has 2 amide bonds. The first-order chi connectivity index (χ1) is 21.0. The average Bonchev–Trinajstić information content (AvgIpc) is 3.00. The van der Waals surface area contributed by atoms with Gasteiger partial charge in [-0.1, -0.05) is 93.9 Å². The molecule has 0 saturated heterocycles. The van der Waals surface area contributed by atoms with E-state index in [1.165, 1.54) is 13.2 Å². The van der Waals surface area contributed by atoms with Crippen LogP contribution < -0.4 is 15.4 Å². The summed E-state index contributed by atoms with van der Waals surface area (Å²) in [6.07, 6.45) is 5.35. The number of hydrogen-bond donors (Lipinski definition) is 2. The van der Waals surface area contributed by atoms with Crippen LogP contribution in [-0.4, -0.2) is 55.7 Å². The lowest BCUT2D eigenvalue weighted by atomic mass is 9.99. The van der Waals surface area contributed by atoms with Gasteiger partial charge >= 0.3 is 11.9 Å². The van der Waals surface area contributed by atoms with Crippen LogP contribution in [0.4, 0.5) is 0 Å². The van der Waals surface area contributed by atoms with Crippen molar-refractivity contribution in [2.24, 2.45) is 17.8 Å². The summed E-state index contributed by atoms with van der Waals surface area (Å²) < 4.78 is 16.7. The average molecular weight is 625 g/mol. The van der Waals surface area contributed by atoms with Crippen LogP contribution in [0, 0.1) is 17.8 Å². The maximum atomic E-state index is 13.3. The molecule has 0 radical (unpaired) electrons. The number of esters is 2. The van der Waals surface area contributed by atoms with E-state index >= 15 is 0 Å². The van der Waals surface area contributed by atoms with E-state index in [4.69, 9.17) is 25.8 Å². The molecule has 3 rings (SSSR count). The van der Waals surface area contributed by atoms with Crippen LogP contribution in [0.2, 0.25) is 5.02 Å². The number of rotatable bonds is 7. The van der Waals surface area contributed by atoms with E-state index < -0.39 is 47.9 Å². The lowest BCUT2D eigenvalue weighted by molar-refractivity contribution is -0.177. The summed E-state index contributed by atoms with van der Waals surface area (Å²) in [4.78, 5) is 52.5. The molecule has 2 N–H and O–H groups in total. The van der Waals surface area contributed by atoms with Crippen molar-refractivity contribution >= 4 is 41.4 Å². The minimum Gasteiger partial charge on any atom is -0.495 e. The summed E-state index contributed by atoms with van der Waals surface area (Å²) in [6, 6.07) is 13.9. The fourth-order valence-corrected chi connectivity index (χ4v) is 4.79. The number of hydrogen-bond acceptors (Lipinski definition) is 7. The summed E-state index contributed by atoms with van der Waals surface area (Å²) in [5, 5.41) is 5.83. The Morgan fingerprint density at radius 1 is 1.02 bits per heavy atom. The van der Waals surface area contributed by atoms with E-state index in [0.717, 1.165) is 5.56 Å². The zero-order valence-corrected chi connectivity index (χ0v) is 26.5. The van der Waals surface area contributed by atoms with E-state index in [-0.39, 0.29) is 31.2 Å². The number of methoxy groups -OCH3 is 1. The molecular weight excluding hydrogens is 584 g/mol. The van der Waals surface area contributed by atoms with Gasteiger partial charge in [0.05, 0.1) is 18.1 Å². The first-order valence-electron chi connectivity index (χ1n) is 14.7. The molecule has 1 heterocycles. The van der Waals surface area contributed by atoms with E-state index in [9.17, 15) is 19.2 Å². The molecule has 2 aromatic rings. The molecule has 0 bridgehead atoms. The molecule has 0 aliphatic carbocycles. The number of cyclic esters (lactones) is 2. The van der Waals surface area contributed by atoms with Crippen LogP contribution in [-0.2, 0) is 35.1 Å². The Morgan fingerprint density at radius 3 is 2.41 bits per heavy atom. The number of carbonyl (C=O) groups excluding carboxylic acids is 4. The molecule has 2 aromatic carbocycles. The highest BCUT2D eigenvalue weighted by molar-refractivity contribution is 6.32. The third-order valence-electron chi connectivity index (χ3n) is 7.24. The minimum atomic E-state index is -1.14. The van der Waals surface area contributed by atoms with Crippen molar-refractivity contribution in [2.45, 2.75) is 58.8 Å². The van der Waals surface area contributed by atoms with Crippen LogP contribution >= 0.6 is 11.6 Å². The first kappa shape index (κ1) is 34.4. The predicted molar refractivity (Wildman–Crippen MR) is 169 cm³/mol. The van der Waals surface area contributed by atoms with Crippen LogP contribution in [0.3, 0.4) is 0 Å². The highest BCUT2D eigenvalue weighted by Gasteiger charge is 2.33. The molecule has 0 saturated carbocycles. The van der Waals surface area contributed by atoms with Gasteiger partial charge in [0, 0.05) is 31.2 Å². The monoisotopic (exact) mass is 624 g/mol. The second kappa shape index (κ2) is 16.7. The van der Waals surface area contributed by atoms with Gasteiger partial charge in [0.15, 0.2) is 0 Å². The number of amides is 2. The molecule has 9 nitrogen and oxygen atoms in total. The van der Waals surface area contributed by atoms with Gasteiger partial charge in [-0.25, -0.2) is 4.79 Å². The Kier molecular flexibility index (Phi) is 13.0. The fraction of sp³-hybridized carbons (Fsp3) is 0.412. The van der Waals surface area contributed by atoms with Crippen molar-refractivity contribution in [2.75, 3.05) is 13.7 Å². The number of carbonyl (C=O) groups is 4. The van der Waals surface area contributed by atoms with Crippen LogP contribution in [0.25, 0.3) is 6.08 Å².